The predicted octanol–water partition coefficient (Wildman–Crippen LogP) is 1.57. The largest absolute Gasteiger partial charge is 0.351 e. The number of hydrogen-bond donors (Lipinski definition) is 1. The minimum absolute atomic E-state index is 0. The van der Waals surface area contributed by atoms with Gasteiger partial charge in [0, 0.05) is 31.7 Å². The molecule has 0 aliphatic carbocycles. The Morgan fingerprint density at radius 3 is 2.29 bits per heavy atom. The number of nitrogens with one attached hydrogen (secondary N) is 1. The van der Waals surface area contributed by atoms with Gasteiger partial charge in [-0.1, -0.05) is 13.8 Å². The third-order valence-corrected chi connectivity index (χ3v) is 5.43. The summed E-state index contributed by atoms with van der Waals surface area (Å²) in [5.74, 6) is -1.29. The van der Waals surface area contributed by atoms with Crippen LogP contribution in [0.25, 0.3) is 0 Å². The molecular formula is C15H25ClFN3O3S. The summed E-state index contributed by atoms with van der Waals surface area (Å²) in [5.41, 5.74) is 0.121. The summed E-state index contributed by atoms with van der Waals surface area (Å²) >= 11 is 0. The van der Waals surface area contributed by atoms with Gasteiger partial charge in [-0.15, -0.1) is 12.4 Å². The van der Waals surface area contributed by atoms with Crippen LogP contribution in [-0.4, -0.2) is 63.8 Å². The Morgan fingerprint density at radius 1 is 1.21 bits per heavy atom. The lowest BCUT2D eigenvalue weighted by Crippen LogP contribution is -2.33. The van der Waals surface area contributed by atoms with Gasteiger partial charge in [0.25, 0.3) is 5.91 Å². The smallest absolute Gasteiger partial charge is 0.251 e. The van der Waals surface area contributed by atoms with Gasteiger partial charge >= 0.3 is 0 Å². The number of carbonyl (C=O) groups is 1. The number of benzene rings is 1. The molecule has 1 aromatic rings. The Kier molecular flexibility index (Phi) is 9.42. The van der Waals surface area contributed by atoms with Crippen LogP contribution < -0.4 is 5.32 Å². The SMILES string of the molecule is CCN(CC)S(=O)(=O)c1cc(C(=O)NCCN(C)C)ccc1F.Cl. The summed E-state index contributed by atoms with van der Waals surface area (Å²) in [4.78, 5) is 13.5. The summed E-state index contributed by atoms with van der Waals surface area (Å²) in [6.45, 7) is 4.89. The van der Waals surface area contributed by atoms with E-state index in [0.29, 0.717) is 13.1 Å². The van der Waals surface area contributed by atoms with Gasteiger partial charge < -0.3 is 10.2 Å². The third kappa shape index (κ3) is 5.70. The zero-order chi connectivity index (χ0) is 17.6. The predicted molar refractivity (Wildman–Crippen MR) is 94.6 cm³/mol. The highest BCUT2D eigenvalue weighted by Crippen LogP contribution is 2.20. The van der Waals surface area contributed by atoms with Gasteiger partial charge in [-0.3, -0.25) is 4.79 Å². The Bertz CT molecular complexity index is 649. The van der Waals surface area contributed by atoms with Crippen molar-refractivity contribution < 1.29 is 17.6 Å². The molecule has 0 unspecified atom stereocenters. The van der Waals surface area contributed by atoms with E-state index >= 15 is 0 Å². The van der Waals surface area contributed by atoms with E-state index < -0.39 is 26.6 Å². The molecule has 1 N–H and O–H groups in total. The molecule has 0 saturated heterocycles. The number of sulfonamides is 1. The van der Waals surface area contributed by atoms with Gasteiger partial charge in [0.05, 0.1) is 0 Å². The molecule has 0 aliphatic heterocycles. The van der Waals surface area contributed by atoms with Crippen LogP contribution in [0.5, 0.6) is 0 Å². The maximum Gasteiger partial charge on any atom is 0.251 e. The molecule has 1 amide bonds. The highest BCUT2D eigenvalue weighted by molar-refractivity contribution is 7.89. The van der Waals surface area contributed by atoms with E-state index in [1.807, 2.05) is 19.0 Å². The van der Waals surface area contributed by atoms with Crippen molar-refractivity contribution in [1.82, 2.24) is 14.5 Å². The summed E-state index contributed by atoms with van der Waals surface area (Å²) in [6.07, 6.45) is 0. The van der Waals surface area contributed by atoms with Gasteiger partial charge in [0.15, 0.2) is 0 Å². The molecule has 138 valence electrons. The zero-order valence-corrected chi connectivity index (χ0v) is 16.0. The first-order valence-corrected chi connectivity index (χ1v) is 8.90. The average Bonchev–Trinajstić information content (AvgIpc) is 2.47. The summed E-state index contributed by atoms with van der Waals surface area (Å²) < 4.78 is 40.0. The molecule has 0 aliphatic rings. The van der Waals surface area contributed by atoms with Crippen LogP contribution in [0.15, 0.2) is 23.1 Å². The van der Waals surface area contributed by atoms with Gasteiger partial charge in [-0.05, 0) is 32.3 Å². The maximum atomic E-state index is 14.0. The average molecular weight is 382 g/mol. The molecule has 1 aromatic carbocycles. The number of hydrogen-bond acceptors (Lipinski definition) is 4. The van der Waals surface area contributed by atoms with E-state index in [1.54, 1.807) is 13.8 Å². The quantitative estimate of drug-likeness (QED) is 0.742. The van der Waals surface area contributed by atoms with Crippen LogP contribution in [0.3, 0.4) is 0 Å². The Morgan fingerprint density at radius 2 is 1.79 bits per heavy atom. The van der Waals surface area contributed by atoms with Crippen molar-refractivity contribution in [2.45, 2.75) is 18.7 Å². The highest BCUT2D eigenvalue weighted by atomic mass is 35.5. The first-order valence-electron chi connectivity index (χ1n) is 7.46. The fourth-order valence-electron chi connectivity index (χ4n) is 2.04. The second-order valence-corrected chi connectivity index (χ2v) is 7.20. The van der Waals surface area contributed by atoms with Gasteiger partial charge in [0.2, 0.25) is 10.0 Å². The number of nitrogens with zero attached hydrogens (tertiary/aromatic N) is 2. The lowest BCUT2D eigenvalue weighted by Gasteiger charge is -2.19. The standard InChI is InChI=1S/C15H24FN3O3S.ClH/c1-5-19(6-2)23(21,22)14-11-12(7-8-13(14)16)15(20)17-9-10-18(3)4;/h7-8,11H,5-6,9-10H2,1-4H3,(H,17,20);1H. The van der Waals surface area contributed by atoms with E-state index in [2.05, 4.69) is 5.32 Å². The number of halogens is 2. The molecule has 0 saturated carbocycles. The Balaban J connectivity index is 0.00000529. The summed E-state index contributed by atoms with van der Waals surface area (Å²) in [6, 6.07) is 3.38. The molecule has 9 heteroatoms. The first kappa shape index (κ1) is 22.8. The van der Waals surface area contributed by atoms with Crippen LogP contribution >= 0.6 is 12.4 Å². The van der Waals surface area contributed by atoms with Crippen LogP contribution in [0, 0.1) is 5.82 Å². The second kappa shape index (κ2) is 9.93. The van der Waals surface area contributed by atoms with Crippen molar-refractivity contribution in [1.29, 1.82) is 0 Å². The van der Waals surface area contributed by atoms with Gasteiger partial charge in [-0.2, -0.15) is 4.31 Å². The molecule has 0 radical (unpaired) electrons. The van der Waals surface area contributed by atoms with E-state index in [1.165, 1.54) is 6.07 Å². The van der Waals surface area contributed by atoms with Crippen molar-refractivity contribution in [3.63, 3.8) is 0 Å². The Hall–Kier alpha value is -1.22. The fraction of sp³-hybridized carbons (Fsp3) is 0.533. The van der Waals surface area contributed by atoms with Crippen LogP contribution in [-0.2, 0) is 10.0 Å². The van der Waals surface area contributed by atoms with Crippen molar-refractivity contribution in [2.75, 3.05) is 40.3 Å². The lowest BCUT2D eigenvalue weighted by molar-refractivity contribution is 0.0950. The van der Waals surface area contributed by atoms with E-state index in [-0.39, 0.29) is 31.1 Å². The molecule has 1 rings (SSSR count). The number of rotatable bonds is 8. The lowest BCUT2D eigenvalue weighted by atomic mass is 10.2. The molecule has 24 heavy (non-hydrogen) atoms. The van der Waals surface area contributed by atoms with Crippen molar-refractivity contribution in [2.24, 2.45) is 0 Å². The molecule has 0 aromatic heterocycles. The van der Waals surface area contributed by atoms with Gasteiger partial charge in [-0.25, -0.2) is 12.8 Å². The van der Waals surface area contributed by atoms with Crippen molar-refractivity contribution in [3.8, 4) is 0 Å². The normalized spacial score (nSPS) is 11.5. The fourth-order valence-corrected chi connectivity index (χ4v) is 3.59. The van der Waals surface area contributed by atoms with Crippen molar-refractivity contribution in [3.05, 3.63) is 29.6 Å². The molecule has 0 heterocycles. The number of carbonyl (C=O) groups excluding carboxylic acids is 1. The zero-order valence-electron chi connectivity index (χ0n) is 14.4. The van der Waals surface area contributed by atoms with E-state index in [0.717, 1.165) is 16.4 Å². The molecule has 0 spiro atoms. The minimum atomic E-state index is -3.95. The number of amides is 1. The maximum absolute atomic E-state index is 14.0. The van der Waals surface area contributed by atoms with E-state index in [4.69, 9.17) is 0 Å². The van der Waals surface area contributed by atoms with Crippen LogP contribution in [0.4, 0.5) is 4.39 Å². The molecular weight excluding hydrogens is 357 g/mol. The monoisotopic (exact) mass is 381 g/mol. The number of likely N-dealkylation sites (N-methyl/N-ethyl adjacent to an activating group) is 1. The van der Waals surface area contributed by atoms with Gasteiger partial charge in [0.1, 0.15) is 10.7 Å². The molecule has 0 atom stereocenters. The topological polar surface area (TPSA) is 69.7 Å². The van der Waals surface area contributed by atoms with Crippen molar-refractivity contribution >= 4 is 28.3 Å². The van der Waals surface area contributed by atoms with Crippen LogP contribution in [0.2, 0.25) is 0 Å². The van der Waals surface area contributed by atoms with Crippen LogP contribution in [0.1, 0.15) is 24.2 Å². The van der Waals surface area contributed by atoms with E-state index in [9.17, 15) is 17.6 Å². The first-order chi connectivity index (χ1) is 10.7. The molecule has 0 fully saturated rings. The molecule has 6 nitrogen and oxygen atoms in total. The summed E-state index contributed by atoms with van der Waals surface area (Å²) in [7, 11) is -0.204. The Labute approximate surface area is 149 Å². The third-order valence-electron chi connectivity index (χ3n) is 3.36. The summed E-state index contributed by atoms with van der Waals surface area (Å²) in [5, 5.41) is 2.67. The minimum Gasteiger partial charge on any atom is -0.351 e. The highest BCUT2D eigenvalue weighted by Gasteiger charge is 2.26. The molecule has 0 bridgehead atoms. The second-order valence-electron chi connectivity index (χ2n) is 5.29.